The van der Waals surface area contributed by atoms with Crippen molar-refractivity contribution < 1.29 is 23.1 Å². The van der Waals surface area contributed by atoms with Crippen molar-refractivity contribution in [1.82, 2.24) is 0 Å². The number of carbonyl (C=O) groups is 1. The molecule has 0 saturated carbocycles. The Labute approximate surface area is 173 Å². The number of nitrogens with one attached hydrogen (secondary N) is 2. The quantitative estimate of drug-likeness (QED) is 0.337. The van der Waals surface area contributed by atoms with Gasteiger partial charge in [-0.15, -0.1) is 0 Å². The summed E-state index contributed by atoms with van der Waals surface area (Å²) < 4.78 is 30.6. The fourth-order valence-electron chi connectivity index (χ4n) is 2.75. The third-order valence-electron chi connectivity index (χ3n) is 4.12. The molecule has 0 atom stereocenters. The van der Waals surface area contributed by atoms with Crippen molar-refractivity contribution in [2.45, 2.75) is 0 Å². The molecule has 8 nitrogen and oxygen atoms in total. The van der Waals surface area contributed by atoms with Crippen LogP contribution in [0.5, 0.6) is 11.5 Å². The lowest BCUT2D eigenvalue weighted by molar-refractivity contribution is 0.0694. The molecule has 154 valence electrons. The van der Waals surface area contributed by atoms with Crippen molar-refractivity contribution in [3.8, 4) is 22.6 Å². The molecule has 0 amide bonds. The van der Waals surface area contributed by atoms with Crippen molar-refractivity contribution in [3.05, 3.63) is 77.9 Å². The van der Waals surface area contributed by atoms with Gasteiger partial charge in [0.1, 0.15) is 22.9 Å². The standard InChI is InChI=1S/C21H19N3O5S/c1-30(27,28)24-16-8-11-19(18(12-16)21(25)26)29-17-9-6-14(7-10-17)13-2-4-15(5-3-13)20(22)23/h2-12,24H,1H3,(H3,22,23)(H,25,26). The minimum Gasteiger partial charge on any atom is -0.478 e. The minimum absolute atomic E-state index is 0.00251. The van der Waals surface area contributed by atoms with Gasteiger partial charge in [0.15, 0.2) is 0 Å². The molecular weight excluding hydrogens is 406 g/mol. The Hall–Kier alpha value is -3.85. The summed E-state index contributed by atoms with van der Waals surface area (Å²) in [5, 5.41) is 16.9. The lowest BCUT2D eigenvalue weighted by atomic mass is 10.0. The van der Waals surface area contributed by atoms with E-state index in [2.05, 4.69) is 4.72 Å². The molecule has 0 saturated heterocycles. The maximum absolute atomic E-state index is 11.6. The van der Waals surface area contributed by atoms with Crippen molar-refractivity contribution >= 4 is 27.5 Å². The maximum Gasteiger partial charge on any atom is 0.339 e. The van der Waals surface area contributed by atoms with E-state index in [1.165, 1.54) is 18.2 Å². The summed E-state index contributed by atoms with van der Waals surface area (Å²) in [5.41, 5.74) is 7.88. The topological polar surface area (TPSA) is 143 Å². The second-order valence-corrected chi connectivity index (χ2v) is 8.26. The molecule has 0 unspecified atom stereocenters. The molecule has 0 bridgehead atoms. The highest BCUT2D eigenvalue weighted by Crippen LogP contribution is 2.30. The number of sulfonamides is 1. The lowest BCUT2D eigenvalue weighted by Gasteiger charge is -2.12. The van der Waals surface area contributed by atoms with Crippen LogP contribution in [-0.4, -0.2) is 31.6 Å². The van der Waals surface area contributed by atoms with Crippen molar-refractivity contribution in [2.75, 3.05) is 11.0 Å². The molecule has 0 spiro atoms. The minimum atomic E-state index is -3.53. The van der Waals surface area contributed by atoms with Gasteiger partial charge < -0.3 is 15.6 Å². The van der Waals surface area contributed by atoms with E-state index in [-0.39, 0.29) is 22.8 Å². The fraction of sp³-hybridized carbons (Fsp3) is 0.0476. The Morgan fingerprint density at radius 2 is 1.57 bits per heavy atom. The van der Waals surface area contributed by atoms with E-state index in [9.17, 15) is 18.3 Å². The van der Waals surface area contributed by atoms with Crippen LogP contribution in [0, 0.1) is 5.41 Å². The highest BCUT2D eigenvalue weighted by atomic mass is 32.2. The third kappa shape index (κ3) is 5.15. The maximum atomic E-state index is 11.6. The molecule has 0 heterocycles. The number of amidine groups is 1. The van der Waals surface area contributed by atoms with E-state index in [0.717, 1.165) is 17.4 Å². The van der Waals surface area contributed by atoms with E-state index in [4.69, 9.17) is 15.9 Å². The zero-order valence-corrected chi connectivity index (χ0v) is 16.7. The van der Waals surface area contributed by atoms with Crippen molar-refractivity contribution in [2.24, 2.45) is 5.73 Å². The molecular formula is C21H19N3O5S. The lowest BCUT2D eigenvalue weighted by Crippen LogP contribution is -2.10. The summed E-state index contributed by atoms with van der Waals surface area (Å²) in [5.74, 6) is -0.743. The Kier molecular flexibility index (Phi) is 5.74. The van der Waals surface area contributed by atoms with E-state index in [1.54, 1.807) is 24.3 Å². The summed E-state index contributed by atoms with van der Waals surface area (Å²) in [4.78, 5) is 11.6. The van der Waals surface area contributed by atoms with Gasteiger partial charge in [0.25, 0.3) is 0 Å². The molecule has 0 aliphatic heterocycles. The first-order chi connectivity index (χ1) is 14.1. The Morgan fingerprint density at radius 3 is 2.07 bits per heavy atom. The SMILES string of the molecule is CS(=O)(=O)Nc1ccc(Oc2ccc(-c3ccc(C(=N)N)cc3)cc2)c(C(=O)O)c1. The Morgan fingerprint density at radius 1 is 1.00 bits per heavy atom. The summed E-state index contributed by atoms with van der Waals surface area (Å²) in [6, 6.07) is 18.3. The normalized spacial score (nSPS) is 11.0. The average Bonchev–Trinajstić information content (AvgIpc) is 2.68. The molecule has 30 heavy (non-hydrogen) atoms. The van der Waals surface area contributed by atoms with Gasteiger partial charge in [-0.25, -0.2) is 13.2 Å². The van der Waals surface area contributed by atoms with Crippen molar-refractivity contribution in [3.63, 3.8) is 0 Å². The Bertz CT molecular complexity index is 1200. The van der Waals surface area contributed by atoms with Gasteiger partial charge >= 0.3 is 5.97 Å². The molecule has 0 aromatic heterocycles. The predicted octanol–water partition coefficient (Wildman–Crippen LogP) is 3.50. The highest BCUT2D eigenvalue weighted by molar-refractivity contribution is 7.92. The van der Waals surface area contributed by atoms with Crippen LogP contribution < -0.4 is 15.2 Å². The van der Waals surface area contributed by atoms with Crippen LogP contribution in [-0.2, 0) is 10.0 Å². The second kappa shape index (κ2) is 8.26. The molecule has 3 aromatic carbocycles. The van der Waals surface area contributed by atoms with E-state index < -0.39 is 16.0 Å². The molecule has 5 N–H and O–H groups in total. The largest absolute Gasteiger partial charge is 0.478 e. The summed E-state index contributed by atoms with van der Waals surface area (Å²) in [6.07, 6.45) is 0.979. The predicted molar refractivity (Wildman–Crippen MR) is 115 cm³/mol. The van der Waals surface area contributed by atoms with E-state index in [1.807, 2.05) is 24.3 Å². The second-order valence-electron chi connectivity index (χ2n) is 6.51. The summed E-state index contributed by atoms with van der Waals surface area (Å²) in [6.45, 7) is 0. The molecule has 9 heteroatoms. The fourth-order valence-corrected chi connectivity index (χ4v) is 3.30. The van der Waals surface area contributed by atoms with Crippen LogP contribution in [0.4, 0.5) is 5.69 Å². The smallest absolute Gasteiger partial charge is 0.339 e. The number of rotatable bonds is 7. The van der Waals surface area contributed by atoms with Gasteiger partial charge in [0, 0.05) is 11.3 Å². The number of ether oxygens (including phenoxy) is 1. The Balaban J connectivity index is 1.82. The van der Waals surface area contributed by atoms with Crippen LogP contribution in [0.3, 0.4) is 0 Å². The monoisotopic (exact) mass is 425 g/mol. The van der Waals surface area contributed by atoms with Crippen LogP contribution in [0.1, 0.15) is 15.9 Å². The van der Waals surface area contributed by atoms with Gasteiger partial charge in [-0.2, -0.15) is 0 Å². The first-order valence-electron chi connectivity index (χ1n) is 8.70. The molecule has 0 aliphatic carbocycles. The number of aromatic carboxylic acids is 1. The average molecular weight is 425 g/mol. The van der Waals surface area contributed by atoms with Crippen molar-refractivity contribution in [1.29, 1.82) is 5.41 Å². The zero-order chi connectivity index (χ0) is 21.9. The van der Waals surface area contributed by atoms with Gasteiger partial charge in [0.2, 0.25) is 10.0 Å². The van der Waals surface area contributed by atoms with Crippen LogP contribution in [0.25, 0.3) is 11.1 Å². The van der Waals surface area contributed by atoms with Gasteiger partial charge in [0.05, 0.1) is 6.26 Å². The summed E-state index contributed by atoms with van der Waals surface area (Å²) in [7, 11) is -3.53. The number of carboxylic acids is 1. The van der Waals surface area contributed by atoms with Crippen LogP contribution in [0.2, 0.25) is 0 Å². The van der Waals surface area contributed by atoms with Crippen LogP contribution >= 0.6 is 0 Å². The van der Waals surface area contributed by atoms with E-state index >= 15 is 0 Å². The molecule has 3 rings (SSSR count). The summed E-state index contributed by atoms with van der Waals surface area (Å²) >= 11 is 0. The number of carboxylic acid groups (broad SMARTS) is 1. The molecule has 0 fully saturated rings. The molecule has 0 aliphatic rings. The van der Waals surface area contributed by atoms with Gasteiger partial charge in [-0.3, -0.25) is 10.1 Å². The number of nitrogen functional groups attached to an aromatic ring is 1. The molecule has 3 aromatic rings. The number of hydrogen-bond donors (Lipinski definition) is 4. The highest BCUT2D eigenvalue weighted by Gasteiger charge is 2.15. The number of benzene rings is 3. The first kappa shape index (κ1) is 20.9. The number of hydrogen-bond acceptors (Lipinski definition) is 5. The zero-order valence-electron chi connectivity index (χ0n) is 15.9. The van der Waals surface area contributed by atoms with Gasteiger partial charge in [-0.1, -0.05) is 36.4 Å². The number of nitrogens with two attached hydrogens (primary N) is 1. The first-order valence-corrected chi connectivity index (χ1v) is 10.6. The number of anilines is 1. The molecule has 0 radical (unpaired) electrons. The third-order valence-corrected chi connectivity index (χ3v) is 4.73. The van der Waals surface area contributed by atoms with Gasteiger partial charge in [-0.05, 0) is 41.5 Å². The van der Waals surface area contributed by atoms with E-state index in [0.29, 0.717) is 11.3 Å². The van der Waals surface area contributed by atoms with Crippen LogP contribution in [0.15, 0.2) is 66.7 Å².